The highest BCUT2D eigenvalue weighted by atomic mass is 32.2. The molecule has 0 aliphatic carbocycles. The van der Waals surface area contributed by atoms with Gasteiger partial charge in [-0.25, -0.2) is 4.98 Å². The van der Waals surface area contributed by atoms with Crippen molar-refractivity contribution < 1.29 is 0 Å². The number of nitrogens with zero attached hydrogens (tertiary/aromatic N) is 3. The van der Waals surface area contributed by atoms with Gasteiger partial charge < -0.3 is 11.5 Å². The molecule has 2 aromatic rings. The molecular formula is C8H14N6S. The quantitative estimate of drug-likeness (QED) is 0.649. The van der Waals surface area contributed by atoms with Crippen LogP contribution >= 0.6 is 11.8 Å². The Morgan fingerprint density at radius 1 is 1.53 bits per heavy atom. The third-order valence-corrected chi connectivity index (χ3v) is 2.89. The van der Waals surface area contributed by atoms with Gasteiger partial charge in [0.25, 0.3) is 0 Å². The van der Waals surface area contributed by atoms with Crippen molar-refractivity contribution in [1.82, 2.24) is 19.8 Å². The predicted octanol–water partition coefficient (Wildman–Crippen LogP) is 0.253. The number of hydrogen-bond donors (Lipinski definition) is 3. The van der Waals surface area contributed by atoms with Crippen LogP contribution in [0.25, 0.3) is 5.65 Å². The van der Waals surface area contributed by atoms with Gasteiger partial charge in [-0.2, -0.15) is 4.63 Å². The standard InChI is InChI=1S/C8H14N6S/c1-2-15-8-6(10)7-11-5(3-4-9)12-14(7)13-8/h13H,2-4,9-10H2,1H3. The number of aromatic amines is 1. The van der Waals surface area contributed by atoms with E-state index in [1.54, 1.807) is 16.4 Å². The normalized spacial score (nSPS) is 11.3. The lowest BCUT2D eigenvalue weighted by atomic mass is 10.4. The zero-order valence-electron chi connectivity index (χ0n) is 8.53. The van der Waals surface area contributed by atoms with Crippen molar-refractivity contribution in [2.24, 2.45) is 5.73 Å². The second-order valence-electron chi connectivity index (χ2n) is 3.09. The molecule has 0 radical (unpaired) electrons. The van der Waals surface area contributed by atoms with Gasteiger partial charge >= 0.3 is 0 Å². The second-order valence-corrected chi connectivity index (χ2v) is 4.36. The first-order valence-electron chi connectivity index (χ1n) is 4.82. The van der Waals surface area contributed by atoms with E-state index in [1.165, 1.54) is 0 Å². The van der Waals surface area contributed by atoms with Crippen LogP contribution in [0.2, 0.25) is 0 Å². The van der Waals surface area contributed by atoms with Gasteiger partial charge in [0, 0.05) is 6.42 Å². The number of hydrogen-bond acceptors (Lipinski definition) is 5. The average Bonchev–Trinajstić information content (AvgIpc) is 2.70. The van der Waals surface area contributed by atoms with E-state index in [4.69, 9.17) is 11.5 Å². The zero-order valence-corrected chi connectivity index (χ0v) is 9.34. The first-order chi connectivity index (χ1) is 7.26. The molecule has 0 aliphatic rings. The number of fused-ring (bicyclic) bond motifs is 1. The van der Waals surface area contributed by atoms with Crippen molar-refractivity contribution in [1.29, 1.82) is 0 Å². The Hall–Kier alpha value is -1.21. The molecule has 0 aromatic carbocycles. The number of aromatic nitrogens is 4. The Morgan fingerprint density at radius 3 is 2.93 bits per heavy atom. The Labute approximate surface area is 91.4 Å². The number of nitrogens with two attached hydrogens (primary N) is 2. The minimum Gasteiger partial charge on any atom is -0.393 e. The van der Waals surface area contributed by atoms with Crippen molar-refractivity contribution in [3.63, 3.8) is 0 Å². The molecule has 0 saturated heterocycles. The fourth-order valence-corrected chi connectivity index (χ4v) is 2.04. The Bertz CT molecular complexity index is 459. The van der Waals surface area contributed by atoms with Crippen LogP contribution in [0.5, 0.6) is 0 Å². The maximum atomic E-state index is 5.93. The fraction of sp³-hybridized carbons (Fsp3) is 0.500. The van der Waals surface area contributed by atoms with Crippen molar-refractivity contribution in [2.75, 3.05) is 18.0 Å². The lowest BCUT2D eigenvalue weighted by Crippen LogP contribution is -2.04. The summed E-state index contributed by atoms with van der Waals surface area (Å²) in [5.74, 6) is 1.69. The van der Waals surface area contributed by atoms with E-state index in [2.05, 4.69) is 22.1 Å². The van der Waals surface area contributed by atoms with E-state index in [0.29, 0.717) is 24.3 Å². The minimum atomic E-state index is 0.545. The average molecular weight is 226 g/mol. The van der Waals surface area contributed by atoms with Crippen LogP contribution in [0, 0.1) is 0 Å². The Morgan fingerprint density at radius 2 is 2.33 bits per heavy atom. The first kappa shape index (κ1) is 10.3. The summed E-state index contributed by atoms with van der Waals surface area (Å²) in [6, 6.07) is 0. The van der Waals surface area contributed by atoms with Crippen LogP contribution in [0.4, 0.5) is 5.69 Å². The number of thioether (sulfide) groups is 1. The highest BCUT2D eigenvalue weighted by Gasteiger charge is 2.12. The van der Waals surface area contributed by atoms with Gasteiger partial charge in [0.1, 0.15) is 10.7 Å². The molecule has 7 heteroatoms. The predicted molar refractivity (Wildman–Crippen MR) is 60.9 cm³/mol. The number of nitrogens with one attached hydrogen (secondary N) is 1. The smallest absolute Gasteiger partial charge is 0.199 e. The molecule has 0 unspecified atom stereocenters. The first-order valence-corrected chi connectivity index (χ1v) is 5.80. The summed E-state index contributed by atoms with van der Waals surface area (Å²) in [6.45, 7) is 2.62. The third kappa shape index (κ3) is 1.80. The molecule has 2 rings (SSSR count). The van der Waals surface area contributed by atoms with Gasteiger partial charge in [-0.05, 0) is 12.3 Å². The molecule has 0 bridgehead atoms. The topological polar surface area (TPSA) is 98.0 Å². The van der Waals surface area contributed by atoms with Gasteiger partial charge in [0.05, 0.1) is 0 Å². The summed E-state index contributed by atoms with van der Waals surface area (Å²) >= 11 is 1.65. The van der Waals surface area contributed by atoms with Crippen LogP contribution in [0.15, 0.2) is 5.03 Å². The molecule has 15 heavy (non-hydrogen) atoms. The van der Waals surface area contributed by atoms with Gasteiger partial charge in [-0.1, -0.05) is 6.92 Å². The molecule has 0 amide bonds. The molecule has 82 valence electrons. The van der Waals surface area contributed by atoms with Gasteiger partial charge in [0.15, 0.2) is 11.5 Å². The molecule has 0 atom stereocenters. The number of nitrogen functional groups attached to an aromatic ring is 1. The molecule has 0 aliphatic heterocycles. The van der Waals surface area contributed by atoms with E-state index in [9.17, 15) is 0 Å². The lowest BCUT2D eigenvalue weighted by molar-refractivity contribution is 0.751. The van der Waals surface area contributed by atoms with Crippen molar-refractivity contribution in [2.45, 2.75) is 18.4 Å². The van der Waals surface area contributed by atoms with Gasteiger partial charge in [-0.15, -0.1) is 16.9 Å². The molecule has 2 aromatic heterocycles. The monoisotopic (exact) mass is 226 g/mol. The fourth-order valence-electron chi connectivity index (χ4n) is 1.35. The van der Waals surface area contributed by atoms with E-state index in [1.807, 2.05) is 0 Å². The van der Waals surface area contributed by atoms with Crippen LogP contribution in [-0.2, 0) is 6.42 Å². The van der Waals surface area contributed by atoms with Crippen molar-refractivity contribution >= 4 is 23.1 Å². The van der Waals surface area contributed by atoms with Crippen LogP contribution in [0.1, 0.15) is 12.7 Å². The highest BCUT2D eigenvalue weighted by Crippen LogP contribution is 2.26. The minimum absolute atomic E-state index is 0.545. The molecule has 0 saturated carbocycles. The summed E-state index contributed by atoms with van der Waals surface area (Å²) in [4.78, 5) is 4.31. The van der Waals surface area contributed by atoms with E-state index in [0.717, 1.165) is 16.6 Å². The highest BCUT2D eigenvalue weighted by molar-refractivity contribution is 7.99. The van der Waals surface area contributed by atoms with E-state index >= 15 is 0 Å². The maximum Gasteiger partial charge on any atom is 0.199 e. The lowest BCUT2D eigenvalue weighted by Gasteiger charge is -1.93. The second kappa shape index (κ2) is 4.11. The largest absolute Gasteiger partial charge is 0.393 e. The summed E-state index contributed by atoms with van der Waals surface area (Å²) < 4.78 is 1.61. The summed E-state index contributed by atoms with van der Waals surface area (Å²) in [5.41, 5.74) is 12.7. The SMILES string of the molecule is CCSc1[nH]n2nc(CCN)nc2c1N. The summed E-state index contributed by atoms with van der Waals surface area (Å²) in [7, 11) is 0. The van der Waals surface area contributed by atoms with Crippen molar-refractivity contribution in [3.8, 4) is 0 Å². The van der Waals surface area contributed by atoms with Crippen LogP contribution < -0.4 is 11.5 Å². The molecular weight excluding hydrogens is 212 g/mol. The maximum absolute atomic E-state index is 5.93. The molecule has 0 fully saturated rings. The number of H-pyrrole nitrogens is 1. The number of rotatable bonds is 4. The van der Waals surface area contributed by atoms with Crippen LogP contribution in [-0.4, -0.2) is 32.1 Å². The number of anilines is 1. The molecule has 0 spiro atoms. The van der Waals surface area contributed by atoms with Gasteiger partial charge in [-0.3, -0.25) is 5.10 Å². The Kier molecular flexibility index (Phi) is 2.83. The van der Waals surface area contributed by atoms with E-state index < -0.39 is 0 Å². The molecule has 2 heterocycles. The molecule has 6 nitrogen and oxygen atoms in total. The Balaban J connectivity index is 2.39. The molecule has 5 N–H and O–H groups in total. The van der Waals surface area contributed by atoms with Crippen molar-refractivity contribution in [3.05, 3.63) is 5.82 Å². The summed E-state index contributed by atoms with van der Waals surface area (Å²) in [5, 5.41) is 8.25. The van der Waals surface area contributed by atoms with Crippen LogP contribution in [0.3, 0.4) is 0 Å². The zero-order chi connectivity index (χ0) is 10.8. The van der Waals surface area contributed by atoms with E-state index in [-0.39, 0.29) is 0 Å². The van der Waals surface area contributed by atoms with Gasteiger partial charge in [0.2, 0.25) is 0 Å². The third-order valence-electron chi connectivity index (χ3n) is 2.00. The summed E-state index contributed by atoms with van der Waals surface area (Å²) in [6.07, 6.45) is 0.672.